The molecule has 1 heterocycles. The third-order valence-electron chi connectivity index (χ3n) is 0.872. The summed E-state index contributed by atoms with van der Waals surface area (Å²) in [5.74, 6) is 0.280. The van der Waals surface area contributed by atoms with Crippen molar-refractivity contribution >= 4 is 15.8 Å². The van der Waals surface area contributed by atoms with Gasteiger partial charge in [-0.3, -0.25) is 4.72 Å². The molecule has 6 heteroatoms. The summed E-state index contributed by atoms with van der Waals surface area (Å²) in [6.45, 7) is 0. The van der Waals surface area contributed by atoms with Gasteiger partial charge in [-0.1, -0.05) is 0 Å². The number of nitrogens with one attached hydrogen (secondary N) is 1. The molecule has 60 valence electrons. The Kier molecular flexibility index (Phi) is 2.04. The maximum Gasteiger partial charge on any atom is 0.230 e. The lowest BCUT2D eigenvalue weighted by Crippen LogP contribution is -2.10. The summed E-state index contributed by atoms with van der Waals surface area (Å²) < 4.78 is 23.5. The van der Waals surface area contributed by atoms with E-state index in [9.17, 15) is 8.42 Å². The van der Waals surface area contributed by atoms with Crippen molar-refractivity contribution in [3.8, 4) is 0 Å². The Labute approximate surface area is 64.5 Å². The summed E-state index contributed by atoms with van der Waals surface area (Å²) in [4.78, 5) is 7.29. The molecule has 1 N–H and O–H groups in total. The molecule has 0 unspecified atom stereocenters. The highest BCUT2D eigenvalue weighted by Gasteiger charge is 2.00. The van der Waals surface area contributed by atoms with Gasteiger partial charge in [0.05, 0.1) is 6.26 Å². The van der Waals surface area contributed by atoms with E-state index in [2.05, 4.69) is 14.7 Å². The molecular weight excluding hydrogens is 166 g/mol. The van der Waals surface area contributed by atoms with Crippen LogP contribution in [0.3, 0.4) is 0 Å². The fourth-order valence-corrected chi connectivity index (χ4v) is 1.04. The van der Waals surface area contributed by atoms with Gasteiger partial charge < -0.3 is 0 Å². The van der Waals surface area contributed by atoms with Crippen molar-refractivity contribution in [2.45, 2.75) is 0 Å². The van der Waals surface area contributed by atoms with Crippen LogP contribution in [0.1, 0.15) is 0 Å². The highest BCUT2D eigenvalue weighted by molar-refractivity contribution is 7.92. The molecule has 1 aromatic heterocycles. The molecule has 5 nitrogen and oxygen atoms in total. The molecule has 0 aromatic carbocycles. The van der Waals surface area contributed by atoms with Crippen LogP contribution < -0.4 is 4.72 Å². The number of anilines is 1. The number of rotatable bonds is 2. The standard InChI is InChI=1S/C5H7N3O2S/c1-11(9,10)8-5-2-3-6-4-7-5/h2-4H,1H3,(H,6,7,8). The minimum absolute atomic E-state index is 0.280. The summed E-state index contributed by atoms with van der Waals surface area (Å²) in [7, 11) is -3.22. The quantitative estimate of drug-likeness (QED) is 0.675. The molecule has 0 saturated carbocycles. The molecule has 0 atom stereocenters. The monoisotopic (exact) mass is 173 g/mol. The maximum atomic E-state index is 10.6. The van der Waals surface area contributed by atoms with E-state index in [0.717, 1.165) is 6.26 Å². The molecule has 11 heavy (non-hydrogen) atoms. The molecule has 0 fully saturated rings. The molecule has 0 bridgehead atoms. The van der Waals surface area contributed by atoms with Crippen molar-refractivity contribution in [1.29, 1.82) is 0 Å². The lowest BCUT2D eigenvalue weighted by atomic mass is 10.6. The Hall–Kier alpha value is -1.17. The van der Waals surface area contributed by atoms with Crippen molar-refractivity contribution < 1.29 is 8.42 Å². The van der Waals surface area contributed by atoms with Crippen molar-refractivity contribution in [2.24, 2.45) is 0 Å². The Bertz CT molecular complexity index is 321. The summed E-state index contributed by atoms with van der Waals surface area (Å²) in [6.07, 6.45) is 3.79. The summed E-state index contributed by atoms with van der Waals surface area (Å²) in [5.41, 5.74) is 0. The fraction of sp³-hybridized carbons (Fsp3) is 0.200. The second-order valence-corrected chi connectivity index (χ2v) is 3.72. The Balaban J connectivity index is 2.82. The zero-order valence-electron chi connectivity index (χ0n) is 5.85. The fourth-order valence-electron chi connectivity index (χ4n) is 0.541. The second kappa shape index (κ2) is 2.83. The van der Waals surface area contributed by atoms with Crippen molar-refractivity contribution in [1.82, 2.24) is 9.97 Å². The van der Waals surface area contributed by atoms with Gasteiger partial charge in [0.15, 0.2) is 0 Å². The van der Waals surface area contributed by atoms with Gasteiger partial charge in [0.25, 0.3) is 0 Å². The Morgan fingerprint density at radius 3 is 2.73 bits per heavy atom. The average Bonchev–Trinajstić information content (AvgIpc) is 1.85. The smallest absolute Gasteiger partial charge is 0.230 e. The average molecular weight is 173 g/mol. The maximum absolute atomic E-state index is 10.6. The Morgan fingerprint density at radius 2 is 2.27 bits per heavy atom. The molecule has 1 aromatic rings. The number of nitrogens with zero attached hydrogens (tertiary/aromatic N) is 2. The van der Waals surface area contributed by atoms with Gasteiger partial charge in [0.2, 0.25) is 10.0 Å². The summed E-state index contributed by atoms with van der Waals surface area (Å²) in [6, 6.07) is 1.47. The first-order valence-corrected chi connectivity index (χ1v) is 4.71. The van der Waals surface area contributed by atoms with Crippen LogP contribution in [-0.2, 0) is 10.0 Å². The molecule has 0 radical (unpaired) electrons. The molecular formula is C5H7N3O2S. The van der Waals surface area contributed by atoms with E-state index in [4.69, 9.17) is 0 Å². The van der Waals surface area contributed by atoms with Crippen molar-refractivity contribution in [2.75, 3.05) is 11.0 Å². The van der Waals surface area contributed by atoms with E-state index >= 15 is 0 Å². The van der Waals surface area contributed by atoms with Gasteiger partial charge in [-0.15, -0.1) is 0 Å². The van der Waals surface area contributed by atoms with Crippen LogP contribution in [0.4, 0.5) is 5.82 Å². The van der Waals surface area contributed by atoms with Crippen LogP contribution in [0.2, 0.25) is 0 Å². The normalized spacial score (nSPS) is 11.0. The summed E-state index contributed by atoms with van der Waals surface area (Å²) >= 11 is 0. The second-order valence-electron chi connectivity index (χ2n) is 1.97. The van der Waals surface area contributed by atoms with Gasteiger partial charge in [0.1, 0.15) is 12.1 Å². The van der Waals surface area contributed by atoms with Gasteiger partial charge in [-0.2, -0.15) is 0 Å². The van der Waals surface area contributed by atoms with Crippen LogP contribution in [-0.4, -0.2) is 24.6 Å². The summed E-state index contributed by atoms with van der Waals surface area (Å²) in [5, 5.41) is 0. The minimum atomic E-state index is -3.22. The Morgan fingerprint density at radius 1 is 1.55 bits per heavy atom. The van der Waals surface area contributed by atoms with Gasteiger partial charge >= 0.3 is 0 Å². The first kappa shape index (κ1) is 7.93. The van der Waals surface area contributed by atoms with E-state index in [1.54, 1.807) is 0 Å². The largest absolute Gasteiger partial charge is 0.267 e. The van der Waals surface area contributed by atoms with E-state index in [-0.39, 0.29) is 5.82 Å². The lowest BCUT2D eigenvalue weighted by molar-refractivity contribution is 0.606. The highest BCUT2D eigenvalue weighted by atomic mass is 32.2. The number of hydrogen-bond acceptors (Lipinski definition) is 4. The van der Waals surface area contributed by atoms with Crippen LogP contribution in [0.15, 0.2) is 18.6 Å². The van der Waals surface area contributed by atoms with Crippen LogP contribution >= 0.6 is 0 Å². The van der Waals surface area contributed by atoms with E-state index in [1.807, 2.05) is 0 Å². The molecule has 0 saturated heterocycles. The lowest BCUT2D eigenvalue weighted by Gasteiger charge is -1.99. The highest BCUT2D eigenvalue weighted by Crippen LogP contribution is 1.99. The van der Waals surface area contributed by atoms with Crippen LogP contribution in [0.25, 0.3) is 0 Å². The molecule has 0 aliphatic carbocycles. The predicted octanol–water partition coefficient (Wildman–Crippen LogP) is -0.152. The number of aromatic nitrogens is 2. The topological polar surface area (TPSA) is 72.0 Å². The van der Waals surface area contributed by atoms with Crippen molar-refractivity contribution in [3.05, 3.63) is 18.6 Å². The van der Waals surface area contributed by atoms with Gasteiger partial charge in [-0.25, -0.2) is 18.4 Å². The number of hydrogen-bond donors (Lipinski definition) is 1. The molecule has 0 spiro atoms. The van der Waals surface area contributed by atoms with Crippen molar-refractivity contribution in [3.63, 3.8) is 0 Å². The SMILES string of the molecule is CS(=O)(=O)Nc1ccncn1. The van der Waals surface area contributed by atoms with Crippen LogP contribution in [0, 0.1) is 0 Å². The zero-order chi connectivity index (χ0) is 8.32. The zero-order valence-corrected chi connectivity index (χ0v) is 6.67. The predicted molar refractivity (Wildman–Crippen MR) is 40.5 cm³/mol. The van der Waals surface area contributed by atoms with Gasteiger partial charge in [-0.05, 0) is 6.07 Å². The first-order chi connectivity index (χ1) is 5.08. The molecule has 0 aliphatic rings. The molecule has 0 aliphatic heterocycles. The van der Waals surface area contributed by atoms with E-state index in [0.29, 0.717) is 0 Å². The molecule has 1 rings (SSSR count). The third kappa shape index (κ3) is 2.94. The number of sulfonamides is 1. The van der Waals surface area contributed by atoms with Gasteiger partial charge in [0, 0.05) is 6.20 Å². The van der Waals surface area contributed by atoms with Crippen LogP contribution in [0.5, 0.6) is 0 Å². The molecule has 0 amide bonds. The third-order valence-corrected chi connectivity index (χ3v) is 1.45. The van der Waals surface area contributed by atoms with E-state index < -0.39 is 10.0 Å². The van der Waals surface area contributed by atoms with E-state index in [1.165, 1.54) is 18.6 Å². The minimum Gasteiger partial charge on any atom is -0.267 e. The first-order valence-electron chi connectivity index (χ1n) is 2.82.